The zero-order chi connectivity index (χ0) is 10.6. The predicted molar refractivity (Wildman–Crippen MR) is 62.4 cm³/mol. The smallest absolute Gasteiger partial charge is 0.312 e. The fraction of sp³-hybridized carbons (Fsp3) is 0.300. The first-order chi connectivity index (χ1) is 6.65. The molecular formula is C10H15ClN2O2. The molecule has 15 heavy (non-hydrogen) atoms. The van der Waals surface area contributed by atoms with Gasteiger partial charge in [0, 0.05) is 12.2 Å². The molecule has 0 aromatic heterocycles. The number of nitrogens with one attached hydrogen (secondary N) is 1. The monoisotopic (exact) mass is 230 g/mol. The molecule has 0 aliphatic rings. The molecule has 0 amide bonds. The third-order valence-electron chi connectivity index (χ3n) is 2.05. The molecule has 1 rings (SSSR count). The van der Waals surface area contributed by atoms with Crippen molar-refractivity contribution >= 4 is 24.1 Å². The Morgan fingerprint density at radius 1 is 1.47 bits per heavy atom. The standard InChI is InChI=1S/C10H14N2O2.ClH/c1-12-6-9(10(13)14)7-2-4-8(11)5-3-7;/h2-5,9,12H,6,11H2,1H3,(H,13,14);1H. The number of nitrogen functional groups attached to an aromatic ring is 1. The molecule has 5 heteroatoms. The van der Waals surface area contributed by atoms with Gasteiger partial charge in [0.05, 0.1) is 5.92 Å². The van der Waals surface area contributed by atoms with Crippen molar-refractivity contribution in [2.24, 2.45) is 0 Å². The summed E-state index contributed by atoms with van der Waals surface area (Å²) in [6, 6.07) is 6.90. The van der Waals surface area contributed by atoms with Crippen LogP contribution in [0.4, 0.5) is 5.69 Å². The zero-order valence-corrected chi connectivity index (χ0v) is 9.25. The number of anilines is 1. The maximum atomic E-state index is 10.9. The highest BCUT2D eigenvalue weighted by atomic mass is 35.5. The number of benzene rings is 1. The Morgan fingerprint density at radius 3 is 2.40 bits per heavy atom. The van der Waals surface area contributed by atoms with Gasteiger partial charge in [0.1, 0.15) is 0 Å². The summed E-state index contributed by atoms with van der Waals surface area (Å²) in [5.74, 6) is -1.34. The quantitative estimate of drug-likeness (QED) is 0.677. The van der Waals surface area contributed by atoms with Gasteiger partial charge in [0.25, 0.3) is 0 Å². The van der Waals surface area contributed by atoms with E-state index >= 15 is 0 Å². The number of halogens is 1. The van der Waals surface area contributed by atoms with Gasteiger partial charge in [-0.1, -0.05) is 12.1 Å². The molecule has 1 unspecified atom stereocenters. The summed E-state index contributed by atoms with van der Waals surface area (Å²) in [4.78, 5) is 10.9. The van der Waals surface area contributed by atoms with Crippen molar-refractivity contribution in [3.05, 3.63) is 29.8 Å². The van der Waals surface area contributed by atoms with E-state index in [1.54, 1.807) is 31.3 Å². The van der Waals surface area contributed by atoms with Crippen LogP contribution < -0.4 is 11.1 Å². The van der Waals surface area contributed by atoms with Crippen LogP contribution in [0.5, 0.6) is 0 Å². The maximum Gasteiger partial charge on any atom is 0.312 e. The highest BCUT2D eigenvalue weighted by Gasteiger charge is 2.18. The molecular weight excluding hydrogens is 216 g/mol. The van der Waals surface area contributed by atoms with E-state index < -0.39 is 11.9 Å². The van der Waals surface area contributed by atoms with Crippen LogP contribution in [0.2, 0.25) is 0 Å². The van der Waals surface area contributed by atoms with E-state index in [0.717, 1.165) is 5.56 Å². The second-order valence-corrected chi connectivity index (χ2v) is 3.12. The van der Waals surface area contributed by atoms with E-state index in [-0.39, 0.29) is 12.4 Å². The Morgan fingerprint density at radius 2 is 2.00 bits per heavy atom. The molecule has 0 fully saturated rings. The molecule has 1 aromatic rings. The van der Waals surface area contributed by atoms with Crippen molar-refractivity contribution in [1.29, 1.82) is 0 Å². The van der Waals surface area contributed by atoms with Gasteiger partial charge in [-0.25, -0.2) is 0 Å². The summed E-state index contributed by atoms with van der Waals surface area (Å²) in [5, 5.41) is 11.8. The van der Waals surface area contributed by atoms with E-state index in [9.17, 15) is 4.79 Å². The highest BCUT2D eigenvalue weighted by Crippen LogP contribution is 2.16. The number of likely N-dealkylation sites (N-methyl/N-ethyl adjacent to an activating group) is 1. The molecule has 1 atom stereocenters. The van der Waals surface area contributed by atoms with Crippen LogP contribution in [0.15, 0.2) is 24.3 Å². The molecule has 0 spiro atoms. The van der Waals surface area contributed by atoms with Crippen LogP contribution in [-0.2, 0) is 4.79 Å². The van der Waals surface area contributed by atoms with E-state index in [0.29, 0.717) is 12.2 Å². The predicted octanol–water partition coefficient (Wildman–Crippen LogP) is 1.08. The van der Waals surface area contributed by atoms with Crippen LogP contribution >= 0.6 is 12.4 Å². The lowest BCUT2D eigenvalue weighted by atomic mass is 9.99. The van der Waals surface area contributed by atoms with Gasteiger partial charge in [0.2, 0.25) is 0 Å². The van der Waals surface area contributed by atoms with Crippen LogP contribution in [0, 0.1) is 0 Å². The van der Waals surface area contributed by atoms with Crippen molar-refractivity contribution in [1.82, 2.24) is 5.32 Å². The number of nitrogens with two attached hydrogens (primary N) is 1. The van der Waals surface area contributed by atoms with Crippen molar-refractivity contribution in [2.75, 3.05) is 19.3 Å². The molecule has 0 saturated carbocycles. The number of rotatable bonds is 4. The SMILES string of the molecule is CNCC(C(=O)O)c1ccc(N)cc1.Cl. The largest absolute Gasteiger partial charge is 0.481 e. The summed E-state index contributed by atoms with van der Waals surface area (Å²) in [5.41, 5.74) is 6.92. The fourth-order valence-corrected chi connectivity index (χ4v) is 1.28. The van der Waals surface area contributed by atoms with Crippen molar-refractivity contribution in [3.63, 3.8) is 0 Å². The third kappa shape index (κ3) is 3.77. The molecule has 0 aliphatic carbocycles. The molecule has 84 valence electrons. The van der Waals surface area contributed by atoms with Gasteiger partial charge in [-0.15, -0.1) is 12.4 Å². The number of carboxylic acids is 1. The number of carboxylic acid groups (broad SMARTS) is 1. The third-order valence-corrected chi connectivity index (χ3v) is 2.05. The molecule has 0 saturated heterocycles. The lowest BCUT2D eigenvalue weighted by molar-refractivity contribution is -0.138. The first-order valence-corrected chi connectivity index (χ1v) is 4.38. The van der Waals surface area contributed by atoms with Crippen molar-refractivity contribution in [3.8, 4) is 0 Å². The van der Waals surface area contributed by atoms with E-state index in [4.69, 9.17) is 10.8 Å². The Labute approximate surface area is 94.9 Å². The van der Waals surface area contributed by atoms with E-state index in [2.05, 4.69) is 5.32 Å². The Kier molecular flexibility index (Phi) is 5.74. The molecule has 1 aromatic carbocycles. The van der Waals surface area contributed by atoms with E-state index in [1.165, 1.54) is 0 Å². The fourth-order valence-electron chi connectivity index (χ4n) is 1.28. The summed E-state index contributed by atoms with van der Waals surface area (Å²) in [6.07, 6.45) is 0. The van der Waals surface area contributed by atoms with Crippen LogP contribution in [0.1, 0.15) is 11.5 Å². The van der Waals surface area contributed by atoms with Crippen LogP contribution in [0.25, 0.3) is 0 Å². The van der Waals surface area contributed by atoms with Gasteiger partial charge in [-0.2, -0.15) is 0 Å². The molecule has 0 heterocycles. The Bertz CT molecular complexity index is 314. The van der Waals surface area contributed by atoms with Gasteiger partial charge < -0.3 is 16.2 Å². The van der Waals surface area contributed by atoms with Crippen molar-refractivity contribution in [2.45, 2.75) is 5.92 Å². The number of carbonyl (C=O) groups is 1. The minimum Gasteiger partial charge on any atom is -0.481 e. The average Bonchev–Trinajstić information content (AvgIpc) is 2.15. The maximum absolute atomic E-state index is 10.9. The first-order valence-electron chi connectivity index (χ1n) is 4.38. The lowest BCUT2D eigenvalue weighted by Crippen LogP contribution is -2.23. The molecule has 0 bridgehead atoms. The lowest BCUT2D eigenvalue weighted by Gasteiger charge is -2.11. The van der Waals surface area contributed by atoms with Gasteiger partial charge >= 0.3 is 5.97 Å². The molecule has 0 radical (unpaired) electrons. The Balaban J connectivity index is 0.00000196. The minimum atomic E-state index is -0.830. The average molecular weight is 231 g/mol. The van der Waals surface area contributed by atoms with Gasteiger partial charge in [-0.3, -0.25) is 4.79 Å². The number of hydrogen-bond acceptors (Lipinski definition) is 3. The summed E-state index contributed by atoms with van der Waals surface area (Å²) in [6.45, 7) is 0.416. The van der Waals surface area contributed by atoms with E-state index in [1.807, 2.05) is 0 Å². The Hall–Kier alpha value is -1.26. The molecule has 4 N–H and O–H groups in total. The van der Waals surface area contributed by atoms with Gasteiger partial charge in [-0.05, 0) is 24.7 Å². The molecule has 4 nitrogen and oxygen atoms in total. The van der Waals surface area contributed by atoms with Crippen LogP contribution in [0.3, 0.4) is 0 Å². The van der Waals surface area contributed by atoms with Crippen LogP contribution in [-0.4, -0.2) is 24.7 Å². The summed E-state index contributed by atoms with van der Waals surface area (Å²) < 4.78 is 0. The number of aliphatic carboxylic acids is 1. The first kappa shape index (κ1) is 13.7. The topological polar surface area (TPSA) is 75.3 Å². The summed E-state index contributed by atoms with van der Waals surface area (Å²) >= 11 is 0. The highest BCUT2D eigenvalue weighted by molar-refractivity contribution is 5.85. The second-order valence-electron chi connectivity index (χ2n) is 3.12. The normalized spacial score (nSPS) is 11.5. The number of hydrogen-bond donors (Lipinski definition) is 3. The van der Waals surface area contributed by atoms with Gasteiger partial charge in [0.15, 0.2) is 0 Å². The van der Waals surface area contributed by atoms with Crippen molar-refractivity contribution < 1.29 is 9.90 Å². The minimum absolute atomic E-state index is 0. The molecule has 0 aliphatic heterocycles. The summed E-state index contributed by atoms with van der Waals surface area (Å²) in [7, 11) is 1.73. The zero-order valence-electron chi connectivity index (χ0n) is 8.43. The second kappa shape index (κ2) is 6.27.